The summed E-state index contributed by atoms with van der Waals surface area (Å²) in [6.45, 7) is 8.23. The van der Waals surface area contributed by atoms with Crippen LogP contribution < -0.4 is 16.5 Å². The number of nitrogens with two attached hydrogens (primary N) is 1. The fraction of sp³-hybridized carbons (Fsp3) is 0.556. The molecule has 220 valence electrons. The van der Waals surface area contributed by atoms with E-state index in [-0.39, 0.29) is 13.1 Å². The molecule has 1 heterocycles. The zero-order valence-electron chi connectivity index (χ0n) is 23.8. The highest BCUT2D eigenvalue weighted by Crippen LogP contribution is 2.20. The van der Waals surface area contributed by atoms with Crippen molar-refractivity contribution in [3.8, 4) is 0 Å². The monoisotopic (exact) mass is 560 g/mol. The number of imide groups is 1. The topological polar surface area (TPSA) is 182 Å². The number of ketones is 1. The van der Waals surface area contributed by atoms with Crippen LogP contribution >= 0.6 is 0 Å². The third kappa shape index (κ3) is 7.63. The van der Waals surface area contributed by atoms with Crippen molar-refractivity contribution in [1.82, 2.24) is 25.6 Å². The van der Waals surface area contributed by atoms with Gasteiger partial charge >= 0.3 is 6.03 Å². The molecule has 0 radical (unpaired) electrons. The molecule has 1 aromatic carbocycles. The van der Waals surface area contributed by atoms with Gasteiger partial charge in [0.25, 0.3) is 11.8 Å². The maximum absolute atomic E-state index is 13.7. The largest absolute Gasteiger partial charge is 0.373 e. The molecule has 0 aromatic heterocycles. The Labute approximate surface area is 234 Å². The molecule has 1 aliphatic heterocycles. The normalized spacial score (nSPS) is 17.8. The predicted molar refractivity (Wildman–Crippen MR) is 145 cm³/mol. The van der Waals surface area contributed by atoms with Gasteiger partial charge in [-0.15, -0.1) is 0 Å². The third-order valence-electron chi connectivity index (χ3n) is 6.70. The van der Waals surface area contributed by atoms with Gasteiger partial charge in [-0.3, -0.25) is 34.3 Å². The van der Waals surface area contributed by atoms with Crippen molar-refractivity contribution in [2.75, 3.05) is 6.54 Å². The van der Waals surface area contributed by atoms with Crippen LogP contribution in [0.15, 0.2) is 30.3 Å². The maximum atomic E-state index is 13.7. The molecule has 1 saturated heterocycles. The number of likely N-dealkylation sites (tertiary alicyclic amines) is 1. The number of Topliss-reactive ketones (excluding diaryl/α,β-unsaturated/α-hetero) is 1. The van der Waals surface area contributed by atoms with E-state index in [1.54, 1.807) is 44.2 Å². The first-order valence-electron chi connectivity index (χ1n) is 13.2. The first-order chi connectivity index (χ1) is 18.6. The lowest BCUT2D eigenvalue weighted by Gasteiger charge is -2.36. The molecule has 0 saturated carbocycles. The maximum Gasteiger partial charge on any atom is 0.346 e. The van der Waals surface area contributed by atoms with Crippen molar-refractivity contribution in [3.63, 3.8) is 0 Å². The molecule has 4 atom stereocenters. The zero-order valence-corrected chi connectivity index (χ0v) is 23.8. The average Bonchev–Trinajstić information content (AvgIpc) is 3.39. The summed E-state index contributed by atoms with van der Waals surface area (Å²) in [7, 11) is 0. The van der Waals surface area contributed by atoms with Gasteiger partial charge < -0.3 is 21.1 Å². The Morgan fingerprint density at radius 2 is 1.70 bits per heavy atom. The summed E-state index contributed by atoms with van der Waals surface area (Å²) in [6.07, 6.45) is 0.838. The van der Waals surface area contributed by atoms with Crippen molar-refractivity contribution in [1.29, 1.82) is 0 Å². The number of amides is 6. The minimum atomic E-state index is -2.48. The minimum absolute atomic E-state index is 0.269. The molecule has 0 bridgehead atoms. The number of rotatable bonds is 9. The lowest BCUT2D eigenvalue weighted by molar-refractivity contribution is -0.156. The number of carbonyl (C=O) groups is 6. The predicted octanol–water partition coefficient (Wildman–Crippen LogP) is 0.0597. The zero-order chi connectivity index (χ0) is 30.4. The highest BCUT2D eigenvalue weighted by atomic mass is 16.3. The Balaban J connectivity index is 2.30. The van der Waals surface area contributed by atoms with E-state index in [1.807, 2.05) is 0 Å². The average molecular weight is 561 g/mol. The third-order valence-corrected chi connectivity index (χ3v) is 6.70. The standard InChI is InChI=1S/C27H40N6O7/c1-16(2)33(26(39)32(15-20-11-8-7-9-12-20)25(38)27(6,40)19(5)34)30-23(36)21-13-10-14-31(21)24(37)18(4)29-22(35)17(3)28/h7-9,11-12,16-18,21,40H,10,13-15,28H2,1-6H3,(H,29,35)(H,30,36)/t17-,18-,21-,27?/m0/s1. The van der Waals surface area contributed by atoms with Crippen LogP contribution in [0.1, 0.15) is 59.9 Å². The number of nitrogens with zero attached hydrogens (tertiary/aromatic N) is 3. The minimum Gasteiger partial charge on any atom is -0.373 e. The van der Waals surface area contributed by atoms with Gasteiger partial charge in [0.1, 0.15) is 12.1 Å². The van der Waals surface area contributed by atoms with Gasteiger partial charge in [-0.05, 0) is 59.9 Å². The summed E-state index contributed by atoms with van der Waals surface area (Å²) in [5.41, 5.74) is 6.16. The van der Waals surface area contributed by atoms with Crippen molar-refractivity contribution in [2.45, 2.75) is 90.7 Å². The molecule has 0 spiro atoms. The van der Waals surface area contributed by atoms with Crippen molar-refractivity contribution in [3.05, 3.63) is 35.9 Å². The molecule has 1 fully saturated rings. The van der Waals surface area contributed by atoms with Gasteiger partial charge in [-0.2, -0.15) is 0 Å². The molecular weight excluding hydrogens is 520 g/mol. The summed E-state index contributed by atoms with van der Waals surface area (Å²) in [5.74, 6) is -3.65. The molecule has 6 amide bonds. The number of nitrogens with one attached hydrogen (secondary N) is 2. The van der Waals surface area contributed by atoms with Crippen LogP contribution in [0.4, 0.5) is 4.79 Å². The number of hydrazine groups is 1. The Morgan fingerprint density at radius 1 is 1.10 bits per heavy atom. The van der Waals surface area contributed by atoms with E-state index in [2.05, 4.69) is 10.7 Å². The van der Waals surface area contributed by atoms with Gasteiger partial charge in [0.2, 0.25) is 11.8 Å². The summed E-state index contributed by atoms with van der Waals surface area (Å²) < 4.78 is 0. The second-order valence-electron chi connectivity index (χ2n) is 10.4. The number of benzene rings is 1. The van der Waals surface area contributed by atoms with E-state index >= 15 is 0 Å². The van der Waals surface area contributed by atoms with Crippen LogP contribution in [0.25, 0.3) is 0 Å². The van der Waals surface area contributed by atoms with Crippen LogP contribution in [0.5, 0.6) is 0 Å². The van der Waals surface area contributed by atoms with Crippen LogP contribution in [0.2, 0.25) is 0 Å². The van der Waals surface area contributed by atoms with Crippen LogP contribution in [-0.2, 0) is 30.5 Å². The second-order valence-corrected chi connectivity index (χ2v) is 10.4. The summed E-state index contributed by atoms with van der Waals surface area (Å²) in [6, 6.07) is 4.20. The molecule has 0 aliphatic carbocycles. The SMILES string of the molecule is CC(=O)C(C)(O)C(=O)N(Cc1ccccc1)C(=O)N(NC(=O)[C@@H]1CCCN1C(=O)[C@H](C)NC(=O)[C@H](C)N)C(C)C. The molecule has 40 heavy (non-hydrogen) atoms. The van der Waals surface area contributed by atoms with Crippen LogP contribution in [0, 0.1) is 0 Å². The number of hydrogen-bond acceptors (Lipinski definition) is 8. The van der Waals surface area contributed by atoms with Gasteiger partial charge in [-0.1, -0.05) is 30.3 Å². The molecule has 2 rings (SSSR count). The van der Waals surface area contributed by atoms with Crippen LogP contribution in [-0.4, -0.2) is 91.7 Å². The van der Waals surface area contributed by atoms with E-state index in [0.29, 0.717) is 23.3 Å². The first kappa shape index (κ1) is 32.4. The highest BCUT2D eigenvalue weighted by molar-refractivity contribution is 6.12. The number of hydrogen-bond donors (Lipinski definition) is 4. The van der Waals surface area contributed by atoms with E-state index in [0.717, 1.165) is 18.9 Å². The summed E-state index contributed by atoms with van der Waals surface area (Å²) in [4.78, 5) is 79.4. The lowest BCUT2D eigenvalue weighted by atomic mass is 10.00. The van der Waals surface area contributed by atoms with E-state index in [1.165, 1.54) is 18.7 Å². The van der Waals surface area contributed by atoms with Crippen molar-refractivity contribution < 1.29 is 33.9 Å². The van der Waals surface area contributed by atoms with Gasteiger partial charge in [-0.25, -0.2) is 9.80 Å². The lowest BCUT2D eigenvalue weighted by Crippen LogP contribution is -2.62. The van der Waals surface area contributed by atoms with Gasteiger partial charge in [0.15, 0.2) is 11.4 Å². The van der Waals surface area contributed by atoms with Gasteiger partial charge in [0, 0.05) is 12.6 Å². The summed E-state index contributed by atoms with van der Waals surface area (Å²) in [5, 5.41) is 14.0. The van der Waals surface area contributed by atoms with Crippen molar-refractivity contribution >= 4 is 35.4 Å². The Hall–Kier alpha value is -3.84. The molecule has 5 N–H and O–H groups in total. The number of urea groups is 1. The number of carbonyl (C=O) groups excluding carboxylic acids is 6. The number of aliphatic hydroxyl groups is 1. The van der Waals surface area contributed by atoms with E-state index < -0.39 is 65.2 Å². The Morgan fingerprint density at radius 3 is 2.23 bits per heavy atom. The van der Waals surface area contributed by atoms with Crippen molar-refractivity contribution in [2.24, 2.45) is 5.73 Å². The quantitative estimate of drug-likeness (QED) is 0.241. The van der Waals surface area contributed by atoms with Crippen LogP contribution in [0.3, 0.4) is 0 Å². The Kier molecular flexibility index (Phi) is 10.9. The first-order valence-corrected chi connectivity index (χ1v) is 13.2. The highest BCUT2D eigenvalue weighted by Gasteiger charge is 2.44. The second kappa shape index (κ2) is 13.5. The molecule has 1 aliphatic rings. The molecule has 1 aromatic rings. The molecular formula is C27H40N6O7. The molecule has 13 nitrogen and oxygen atoms in total. The molecule has 1 unspecified atom stereocenters. The van der Waals surface area contributed by atoms with Gasteiger partial charge in [0.05, 0.1) is 12.6 Å². The summed E-state index contributed by atoms with van der Waals surface area (Å²) >= 11 is 0. The van der Waals surface area contributed by atoms with E-state index in [9.17, 15) is 33.9 Å². The fourth-order valence-electron chi connectivity index (χ4n) is 4.09. The Bertz CT molecular complexity index is 1120. The van der Waals surface area contributed by atoms with E-state index in [4.69, 9.17) is 5.73 Å². The fourth-order valence-corrected chi connectivity index (χ4v) is 4.09. The smallest absolute Gasteiger partial charge is 0.346 e. The molecule has 13 heteroatoms.